The van der Waals surface area contributed by atoms with Crippen LogP contribution in [0.25, 0.3) is 0 Å². The van der Waals surface area contributed by atoms with Crippen LogP contribution in [0.15, 0.2) is 18.2 Å². The molecule has 1 nitrogen and oxygen atoms in total. The van der Waals surface area contributed by atoms with E-state index >= 15 is 0 Å². The summed E-state index contributed by atoms with van der Waals surface area (Å²) in [5.74, 6) is -0.704. The molecule has 2 unspecified atom stereocenters. The Balaban J connectivity index is 2.14. The molecule has 2 rings (SSSR count). The summed E-state index contributed by atoms with van der Waals surface area (Å²) >= 11 is 0. The molecule has 1 N–H and O–H groups in total. The van der Waals surface area contributed by atoms with Crippen LogP contribution >= 0.6 is 0 Å². The topological polar surface area (TPSA) is 12.0 Å². The molecule has 3 heteroatoms. The van der Waals surface area contributed by atoms with Crippen molar-refractivity contribution in [3.8, 4) is 0 Å². The van der Waals surface area contributed by atoms with Crippen molar-refractivity contribution in [3.05, 3.63) is 35.4 Å². The summed E-state index contributed by atoms with van der Waals surface area (Å²) in [5, 5.41) is 3.46. The lowest BCUT2D eigenvalue weighted by Crippen LogP contribution is -2.32. The third-order valence-electron chi connectivity index (χ3n) is 3.53. The van der Waals surface area contributed by atoms with Crippen LogP contribution in [-0.4, -0.2) is 12.6 Å². The molecule has 1 aromatic carbocycles. The minimum absolute atomic E-state index is 0.196. The van der Waals surface area contributed by atoms with Crippen molar-refractivity contribution in [2.75, 3.05) is 6.54 Å². The summed E-state index contributed by atoms with van der Waals surface area (Å²) in [5.41, 5.74) is 0.664. The number of benzene rings is 1. The molecule has 1 aliphatic rings. The van der Waals surface area contributed by atoms with E-state index in [0.717, 1.165) is 38.3 Å². The van der Waals surface area contributed by atoms with E-state index in [1.807, 2.05) is 0 Å². The van der Waals surface area contributed by atoms with Gasteiger partial charge in [0.1, 0.15) is 11.6 Å². The van der Waals surface area contributed by atoms with Gasteiger partial charge in [0, 0.05) is 18.0 Å². The summed E-state index contributed by atoms with van der Waals surface area (Å²) in [7, 11) is 0. The molecule has 1 aromatic rings. The molecule has 94 valence electrons. The molecular formula is C14H19F2N. The van der Waals surface area contributed by atoms with Gasteiger partial charge in [0.2, 0.25) is 0 Å². The van der Waals surface area contributed by atoms with Crippen LogP contribution < -0.4 is 5.32 Å². The van der Waals surface area contributed by atoms with Crippen LogP contribution in [0.4, 0.5) is 8.78 Å². The summed E-state index contributed by atoms with van der Waals surface area (Å²) in [6, 6.07) is 4.29. The summed E-state index contributed by atoms with van der Waals surface area (Å²) < 4.78 is 26.6. The summed E-state index contributed by atoms with van der Waals surface area (Å²) in [6.45, 7) is 3.08. The van der Waals surface area contributed by atoms with Gasteiger partial charge in [0.15, 0.2) is 0 Å². The van der Waals surface area contributed by atoms with E-state index in [2.05, 4.69) is 12.2 Å². The Hall–Kier alpha value is -0.960. The van der Waals surface area contributed by atoms with Gasteiger partial charge >= 0.3 is 0 Å². The van der Waals surface area contributed by atoms with Gasteiger partial charge in [-0.15, -0.1) is 0 Å². The Morgan fingerprint density at radius 1 is 1.29 bits per heavy atom. The van der Waals surface area contributed by atoms with Gasteiger partial charge in [-0.3, -0.25) is 0 Å². The largest absolute Gasteiger partial charge is 0.313 e. The SMILES string of the molecule is CCCNC1CCCC1c1ccc(F)cc1F. The number of hydrogen-bond acceptors (Lipinski definition) is 1. The van der Waals surface area contributed by atoms with Gasteiger partial charge in [-0.1, -0.05) is 19.4 Å². The summed E-state index contributed by atoms with van der Waals surface area (Å²) in [6.07, 6.45) is 4.27. The second-order valence-corrected chi connectivity index (χ2v) is 4.76. The van der Waals surface area contributed by atoms with E-state index in [9.17, 15) is 8.78 Å². The molecule has 0 bridgehead atoms. The van der Waals surface area contributed by atoms with E-state index in [1.165, 1.54) is 6.07 Å². The first-order chi connectivity index (χ1) is 8.22. The zero-order valence-corrected chi connectivity index (χ0v) is 10.2. The third-order valence-corrected chi connectivity index (χ3v) is 3.53. The fourth-order valence-electron chi connectivity index (χ4n) is 2.71. The maximum atomic E-state index is 13.7. The number of nitrogens with one attached hydrogen (secondary N) is 1. The Bertz CT molecular complexity index is 378. The van der Waals surface area contributed by atoms with Crippen molar-refractivity contribution < 1.29 is 8.78 Å². The normalized spacial score (nSPS) is 24.2. The Morgan fingerprint density at radius 3 is 2.82 bits per heavy atom. The van der Waals surface area contributed by atoms with Gasteiger partial charge in [0.25, 0.3) is 0 Å². The van der Waals surface area contributed by atoms with E-state index in [1.54, 1.807) is 6.07 Å². The lowest BCUT2D eigenvalue weighted by atomic mass is 9.93. The second kappa shape index (κ2) is 5.58. The van der Waals surface area contributed by atoms with Crippen molar-refractivity contribution in [1.82, 2.24) is 5.32 Å². The summed E-state index contributed by atoms with van der Waals surface area (Å²) in [4.78, 5) is 0. The molecule has 2 atom stereocenters. The van der Waals surface area contributed by atoms with Crippen LogP contribution in [0.1, 0.15) is 44.1 Å². The van der Waals surface area contributed by atoms with Gasteiger partial charge < -0.3 is 5.32 Å². The average molecular weight is 239 g/mol. The van der Waals surface area contributed by atoms with Gasteiger partial charge in [-0.25, -0.2) is 8.78 Å². The zero-order chi connectivity index (χ0) is 12.3. The second-order valence-electron chi connectivity index (χ2n) is 4.76. The molecule has 17 heavy (non-hydrogen) atoms. The van der Waals surface area contributed by atoms with Crippen molar-refractivity contribution in [1.29, 1.82) is 0 Å². The Kier molecular flexibility index (Phi) is 4.11. The standard InChI is InChI=1S/C14H19F2N/c1-2-8-17-14-5-3-4-12(14)11-7-6-10(15)9-13(11)16/h6-7,9,12,14,17H,2-5,8H2,1H3. The highest BCUT2D eigenvalue weighted by atomic mass is 19.1. The molecule has 0 amide bonds. The monoisotopic (exact) mass is 239 g/mol. The van der Waals surface area contributed by atoms with E-state index in [4.69, 9.17) is 0 Å². The van der Waals surface area contributed by atoms with Gasteiger partial charge in [-0.05, 0) is 37.4 Å². The van der Waals surface area contributed by atoms with Gasteiger partial charge in [-0.2, -0.15) is 0 Å². The fourth-order valence-corrected chi connectivity index (χ4v) is 2.71. The molecule has 0 heterocycles. The van der Waals surface area contributed by atoms with Crippen LogP contribution in [0, 0.1) is 11.6 Å². The maximum absolute atomic E-state index is 13.7. The number of rotatable bonds is 4. The molecule has 0 radical (unpaired) electrons. The van der Waals surface area contributed by atoms with E-state index in [0.29, 0.717) is 11.6 Å². The molecule has 1 saturated carbocycles. The van der Waals surface area contributed by atoms with Gasteiger partial charge in [0.05, 0.1) is 0 Å². The van der Waals surface area contributed by atoms with Crippen molar-refractivity contribution in [2.45, 2.75) is 44.6 Å². The minimum Gasteiger partial charge on any atom is -0.313 e. The van der Waals surface area contributed by atoms with Crippen molar-refractivity contribution >= 4 is 0 Å². The van der Waals surface area contributed by atoms with E-state index < -0.39 is 11.6 Å². The molecule has 0 saturated heterocycles. The minimum atomic E-state index is -0.498. The van der Waals surface area contributed by atoms with Crippen LogP contribution in [0.3, 0.4) is 0 Å². The predicted molar refractivity (Wildman–Crippen MR) is 65.0 cm³/mol. The van der Waals surface area contributed by atoms with Crippen LogP contribution in [0.2, 0.25) is 0 Å². The first-order valence-electron chi connectivity index (χ1n) is 6.40. The highest BCUT2D eigenvalue weighted by Gasteiger charge is 2.29. The van der Waals surface area contributed by atoms with Crippen LogP contribution in [-0.2, 0) is 0 Å². The highest BCUT2D eigenvalue weighted by molar-refractivity contribution is 5.25. The zero-order valence-electron chi connectivity index (χ0n) is 10.2. The van der Waals surface area contributed by atoms with Crippen molar-refractivity contribution in [2.24, 2.45) is 0 Å². The molecular weight excluding hydrogens is 220 g/mol. The highest BCUT2D eigenvalue weighted by Crippen LogP contribution is 2.36. The molecule has 1 aliphatic carbocycles. The van der Waals surface area contributed by atoms with E-state index in [-0.39, 0.29) is 5.92 Å². The lowest BCUT2D eigenvalue weighted by Gasteiger charge is -2.21. The average Bonchev–Trinajstić information content (AvgIpc) is 2.74. The quantitative estimate of drug-likeness (QED) is 0.846. The van der Waals surface area contributed by atoms with Crippen LogP contribution in [0.5, 0.6) is 0 Å². The first-order valence-corrected chi connectivity index (χ1v) is 6.40. The molecule has 1 fully saturated rings. The fraction of sp³-hybridized carbons (Fsp3) is 0.571. The van der Waals surface area contributed by atoms with Crippen molar-refractivity contribution in [3.63, 3.8) is 0 Å². The number of hydrogen-bond donors (Lipinski definition) is 1. The molecule has 0 aromatic heterocycles. The first kappa shape index (κ1) is 12.5. The Morgan fingerprint density at radius 2 is 2.12 bits per heavy atom. The third kappa shape index (κ3) is 2.83. The lowest BCUT2D eigenvalue weighted by molar-refractivity contribution is 0.461. The smallest absolute Gasteiger partial charge is 0.129 e. The molecule has 0 aliphatic heterocycles. The number of halogens is 2. The molecule has 0 spiro atoms. The Labute approximate surface area is 101 Å². The maximum Gasteiger partial charge on any atom is 0.129 e. The predicted octanol–water partition coefficient (Wildman–Crippen LogP) is 3.60.